The van der Waals surface area contributed by atoms with Crippen molar-refractivity contribution in [3.63, 3.8) is 0 Å². The lowest BCUT2D eigenvalue weighted by molar-refractivity contribution is 0.0730. The van der Waals surface area contributed by atoms with Crippen molar-refractivity contribution in [2.75, 3.05) is 31.6 Å². The van der Waals surface area contributed by atoms with Crippen LogP contribution in [0.5, 0.6) is 11.6 Å². The summed E-state index contributed by atoms with van der Waals surface area (Å²) in [6.45, 7) is 8.73. The van der Waals surface area contributed by atoms with E-state index in [2.05, 4.69) is 10.3 Å². The average Bonchev–Trinajstić information content (AvgIpc) is 2.75. The van der Waals surface area contributed by atoms with E-state index in [0.717, 1.165) is 0 Å². The van der Waals surface area contributed by atoms with E-state index in [1.807, 2.05) is 27.7 Å². The van der Waals surface area contributed by atoms with Gasteiger partial charge in [0.1, 0.15) is 5.75 Å². The minimum absolute atomic E-state index is 0.0333. The minimum Gasteiger partial charge on any atom is -0.489 e. The van der Waals surface area contributed by atoms with E-state index >= 15 is 0 Å². The van der Waals surface area contributed by atoms with Crippen molar-refractivity contribution in [3.8, 4) is 11.6 Å². The van der Waals surface area contributed by atoms with Crippen LogP contribution in [0.25, 0.3) is 0 Å². The zero-order valence-electron chi connectivity index (χ0n) is 18.7. The van der Waals surface area contributed by atoms with Crippen molar-refractivity contribution in [2.45, 2.75) is 44.8 Å². The number of morpholine rings is 1. The summed E-state index contributed by atoms with van der Waals surface area (Å²) in [7, 11) is -3.73. The molecule has 32 heavy (non-hydrogen) atoms. The Morgan fingerprint density at radius 3 is 2.34 bits per heavy atom. The summed E-state index contributed by atoms with van der Waals surface area (Å²) >= 11 is 0. The highest BCUT2D eigenvalue weighted by Crippen LogP contribution is 2.31. The van der Waals surface area contributed by atoms with Crippen LogP contribution in [0.1, 0.15) is 38.1 Å². The van der Waals surface area contributed by atoms with Crippen LogP contribution in [0.3, 0.4) is 0 Å². The van der Waals surface area contributed by atoms with Crippen molar-refractivity contribution >= 4 is 21.6 Å². The molecule has 1 fully saturated rings. The molecule has 1 aromatic carbocycles. The van der Waals surface area contributed by atoms with Gasteiger partial charge in [-0.15, -0.1) is 0 Å². The number of ether oxygens (including phenoxy) is 3. The maximum Gasteiger partial charge on any atom is 0.257 e. The lowest BCUT2D eigenvalue weighted by atomic mass is 10.2. The fraction of sp³-hybridized carbons (Fsp3) is 0.455. The van der Waals surface area contributed by atoms with Gasteiger partial charge in [0.15, 0.2) is 0 Å². The molecule has 1 saturated heterocycles. The normalized spacial score (nSPS) is 15.1. The number of pyridine rings is 1. The van der Waals surface area contributed by atoms with Crippen molar-refractivity contribution in [3.05, 3.63) is 42.1 Å². The largest absolute Gasteiger partial charge is 0.489 e. The van der Waals surface area contributed by atoms with Crippen LogP contribution in [0.4, 0.5) is 5.69 Å². The lowest BCUT2D eigenvalue weighted by Gasteiger charge is -2.26. The second-order valence-corrected chi connectivity index (χ2v) is 9.78. The van der Waals surface area contributed by atoms with E-state index in [4.69, 9.17) is 14.2 Å². The van der Waals surface area contributed by atoms with Crippen molar-refractivity contribution in [1.29, 1.82) is 0 Å². The Bertz CT molecular complexity index is 1030. The first-order valence-corrected chi connectivity index (χ1v) is 11.9. The number of sulfonamides is 1. The third-order valence-corrected chi connectivity index (χ3v) is 6.42. The van der Waals surface area contributed by atoms with Crippen LogP contribution >= 0.6 is 0 Å². The Hall–Kier alpha value is -2.69. The van der Waals surface area contributed by atoms with Gasteiger partial charge < -0.3 is 19.5 Å². The number of hydrogen-bond acceptors (Lipinski definition) is 7. The number of benzene rings is 1. The van der Waals surface area contributed by atoms with Gasteiger partial charge in [0.25, 0.3) is 5.91 Å². The van der Waals surface area contributed by atoms with Crippen LogP contribution < -0.4 is 14.8 Å². The topological polar surface area (TPSA) is 107 Å². The van der Waals surface area contributed by atoms with E-state index in [0.29, 0.717) is 30.4 Å². The quantitative estimate of drug-likeness (QED) is 0.641. The Morgan fingerprint density at radius 2 is 1.75 bits per heavy atom. The van der Waals surface area contributed by atoms with Gasteiger partial charge in [-0.05, 0) is 52.0 Å². The van der Waals surface area contributed by atoms with E-state index < -0.39 is 15.9 Å². The number of hydrogen-bond donors (Lipinski definition) is 1. The monoisotopic (exact) mass is 463 g/mol. The van der Waals surface area contributed by atoms with Crippen molar-refractivity contribution in [2.24, 2.45) is 0 Å². The summed E-state index contributed by atoms with van der Waals surface area (Å²) in [5, 5.41) is 2.76. The molecule has 0 aliphatic carbocycles. The summed E-state index contributed by atoms with van der Waals surface area (Å²) in [5.74, 6) is 0.351. The summed E-state index contributed by atoms with van der Waals surface area (Å²) in [5.41, 5.74) is 0.568. The van der Waals surface area contributed by atoms with Gasteiger partial charge in [-0.25, -0.2) is 13.4 Å². The first-order chi connectivity index (χ1) is 15.2. The average molecular weight is 464 g/mol. The van der Waals surface area contributed by atoms with E-state index in [-0.39, 0.29) is 35.9 Å². The number of carbonyl (C=O) groups excluding carboxylic acids is 1. The molecule has 3 rings (SSSR count). The predicted molar refractivity (Wildman–Crippen MR) is 120 cm³/mol. The molecule has 2 heterocycles. The minimum atomic E-state index is -3.73. The lowest BCUT2D eigenvalue weighted by Crippen LogP contribution is -2.40. The maximum absolute atomic E-state index is 13.0. The molecule has 1 amide bonds. The molecule has 9 nitrogen and oxygen atoms in total. The molecular formula is C22H29N3O6S. The Labute approximate surface area is 188 Å². The summed E-state index contributed by atoms with van der Waals surface area (Å²) in [6.07, 6.45) is 1.21. The van der Waals surface area contributed by atoms with Crippen LogP contribution in [-0.4, -0.2) is 62.1 Å². The fourth-order valence-electron chi connectivity index (χ4n) is 3.08. The summed E-state index contributed by atoms with van der Waals surface area (Å²) in [6, 6.07) is 7.67. The second-order valence-electron chi connectivity index (χ2n) is 7.85. The van der Waals surface area contributed by atoms with Crippen LogP contribution in [0.2, 0.25) is 0 Å². The first-order valence-electron chi connectivity index (χ1n) is 10.5. The second kappa shape index (κ2) is 10.3. The molecule has 10 heteroatoms. The number of nitrogens with zero attached hydrogens (tertiary/aromatic N) is 2. The molecular weight excluding hydrogens is 434 g/mol. The molecule has 1 aromatic heterocycles. The smallest absolute Gasteiger partial charge is 0.257 e. The van der Waals surface area contributed by atoms with Crippen LogP contribution in [0, 0.1) is 0 Å². The SMILES string of the molecule is CC(C)Oc1ccc(C(=O)Nc2cc(S(=O)(=O)N3CCOCC3)ccc2OC(C)C)cn1. The third kappa shape index (κ3) is 5.96. The Kier molecular flexibility index (Phi) is 7.70. The van der Waals surface area contributed by atoms with Gasteiger partial charge in [-0.3, -0.25) is 4.79 Å². The van der Waals surface area contributed by atoms with Gasteiger partial charge in [0, 0.05) is 25.4 Å². The molecule has 0 spiro atoms. The zero-order valence-corrected chi connectivity index (χ0v) is 19.5. The molecule has 174 valence electrons. The number of nitrogens with one attached hydrogen (secondary N) is 1. The number of rotatable bonds is 8. The molecule has 0 atom stereocenters. The highest BCUT2D eigenvalue weighted by Gasteiger charge is 2.27. The number of amides is 1. The van der Waals surface area contributed by atoms with Crippen LogP contribution in [-0.2, 0) is 14.8 Å². The standard InChI is InChI=1S/C22H29N3O6S/c1-15(2)30-20-7-6-18(32(27,28)25-9-11-29-12-10-25)13-19(20)24-22(26)17-5-8-21(23-14-17)31-16(3)4/h5-8,13-16H,9-12H2,1-4H3,(H,24,26). The maximum atomic E-state index is 13.0. The molecule has 0 unspecified atom stereocenters. The number of carbonyl (C=O) groups is 1. The Balaban J connectivity index is 1.87. The van der Waals surface area contributed by atoms with Gasteiger partial charge in [-0.2, -0.15) is 4.31 Å². The highest BCUT2D eigenvalue weighted by atomic mass is 32.2. The number of aromatic nitrogens is 1. The molecule has 2 aromatic rings. The third-order valence-electron chi connectivity index (χ3n) is 4.52. The molecule has 0 saturated carbocycles. The van der Waals surface area contributed by atoms with Crippen molar-refractivity contribution in [1.82, 2.24) is 9.29 Å². The van der Waals surface area contributed by atoms with Crippen molar-refractivity contribution < 1.29 is 27.4 Å². The molecule has 1 N–H and O–H groups in total. The van der Waals surface area contributed by atoms with E-state index in [1.54, 1.807) is 18.2 Å². The zero-order chi connectivity index (χ0) is 23.3. The molecule has 0 bridgehead atoms. The molecule has 0 radical (unpaired) electrons. The van der Waals surface area contributed by atoms with Gasteiger partial charge in [0.2, 0.25) is 15.9 Å². The van der Waals surface area contributed by atoms with E-state index in [9.17, 15) is 13.2 Å². The fourth-order valence-corrected chi connectivity index (χ4v) is 4.51. The summed E-state index contributed by atoms with van der Waals surface area (Å²) in [4.78, 5) is 17.0. The van der Waals surface area contributed by atoms with Gasteiger partial charge >= 0.3 is 0 Å². The molecule has 1 aliphatic heterocycles. The first kappa shape index (κ1) is 24.0. The Morgan fingerprint density at radius 1 is 1.06 bits per heavy atom. The predicted octanol–water partition coefficient (Wildman–Crippen LogP) is 2.93. The number of anilines is 1. The van der Waals surface area contributed by atoms with Gasteiger partial charge in [0.05, 0.1) is 41.6 Å². The summed E-state index contributed by atoms with van der Waals surface area (Å²) < 4.78 is 44.0. The highest BCUT2D eigenvalue weighted by molar-refractivity contribution is 7.89. The molecule has 1 aliphatic rings. The van der Waals surface area contributed by atoms with Crippen LogP contribution in [0.15, 0.2) is 41.4 Å². The van der Waals surface area contributed by atoms with E-state index in [1.165, 1.54) is 22.6 Å². The van der Waals surface area contributed by atoms with Gasteiger partial charge in [-0.1, -0.05) is 0 Å².